The lowest BCUT2D eigenvalue weighted by atomic mass is 9.95. The number of benzene rings is 1. The molecule has 6 heteroatoms. The van der Waals surface area contributed by atoms with Gasteiger partial charge in [-0.3, -0.25) is 10.1 Å². The van der Waals surface area contributed by atoms with Crippen molar-refractivity contribution in [2.75, 3.05) is 38.6 Å². The molecule has 1 aliphatic rings. The highest BCUT2D eigenvalue weighted by molar-refractivity contribution is 6.17. The fraction of sp³-hybridized carbons (Fsp3) is 0.600. The molecule has 0 spiro atoms. The zero-order valence-electron chi connectivity index (χ0n) is 12.6. The van der Waals surface area contributed by atoms with Crippen molar-refractivity contribution in [3.63, 3.8) is 0 Å². The smallest absolute Gasteiger partial charge is 0.269 e. The molecule has 0 amide bonds. The number of hydrogen-bond acceptors (Lipinski definition) is 4. The molecular weight excluding hydrogens is 290 g/mol. The van der Waals surface area contributed by atoms with Crippen molar-refractivity contribution in [3.05, 3.63) is 33.9 Å². The Kier molecular flexibility index (Phi) is 5.42. The van der Waals surface area contributed by atoms with Gasteiger partial charge in [-0.1, -0.05) is 0 Å². The maximum Gasteiger partial charge on any atom is 0.269 e. The van der Waals surface area contributed by atoms with Gasteiger partial charge in [0.25, 0.3) is 5.69 Å². The van der Waals surface area contributed by atoms with Crippen molar-refractivity contribution in [2.45, 2.75) is 18.7 Å². The average molecular weight is 312 g/mol. The second-order valence-electron chi connectivity index (χ2n) is 5.90. The zero-order chi connectivity index (χ0) is 15.4. The summed E-state index contributed by atoms with van der Waals surface area (Å²) in [5.41, 5.74) is 1.99. The quantitative estimate of drug-likeness (QED) is 0.476. The molecule has 0 aliphatic carbocycles. The SMILES string of the molecule is CN(C)CC1CCN(c2ccc([N+](=O)[O-])cc2CCl)CC1. The number of hydrogen-bond donors (Lipinski definition) is 0. The number of nitrogens with zero attached hydrogens (tertiary/aromatic N) is 3. The van der Waals surface area contributed by atoms with Crippen LogP contribution in [0.1, 0.15) is 18.4 Å². The number of rotatable bonds is 5. The van der Waals surface area contributed by atoms with E-state index in [0.29, 0.717) is 5.88 Å². The maximum absolute atomic E-state index is 10.8. The topological polar surface area (TPSA) is 49.6 Å². The van der Waals surface area contributed by atoms with Crippen LogP contribution in [0.25, 0.3) is 0 Å². The molecule has 21 heavy (non-hydrogen) atoms. The first-order valence-corrected chi connectivity index (χ1v) is 7.77. The highest BCUT2D eigenvalue weighted by Gasteiger charge is 2.22. The van der Waals surface area contributed by atoms with Gasteiger partial charge in [0.1, 0.15) is 0 Å². The Balaban J connectivity index is 2.07. The van der Waals surface area contributed by atoms with Crippen LogP contribution in [0.3, 0.4) is 0 Å². The number of non-ortho nitro benzene ring substituents is 1. The lowest BCUT2D eigenvalue weighted by molar-refractivity contribution is -0.384. The third-order valence-electron chi connectivity index (χ3n) is 4.00. The van der Waals surface area contributed by atoms with E-state index in [2.05, 4.69) is 23.9 Å². The van der Waals surface area contributed by atoms with Crippen molar-refractivity contribution in [3.8, 4) is 0 Å². The van der Waals surface area contributed by atoms with Crippen LogP contribution in [0.5, 0.6) is 0 Å². The largest absolute Gasteiger partial charge is 0.371 e. The lowest BCUT2D eigenvalue weighted by Gasteiger charge is -2.35. The van der Waals surface area contributed by atoms with Gasteiger partial charge < -0.3 is 9.80 Å². The van der Waals surface area contributed by atoms with Gasteiger partial charge in [0, 0.05) is 43.3 Å². The van der Waals surface area contributed by atoms with E-state index in [-0.39, 0.29) is 10.6 Å². The first kappa shape index (κ1) is 16.0. The Hall–Kier alpha value is -1.33. The summed E-state index contributed by atoms with van der Waals surface area (Å²) in [4.78, 5) is 15.0. The minimum Gasteiger partial charge on any atom is -0.371 e. The molecule has 0 atom stereocenters. The highest BCUT2D eigenvalue weighted by atomic mass is 35.5. The van der Waals surface area contributed by atoms with E-state index in [4.69, 9.17) is 11.6 Å². The molecule has 1 aliphatic heterocycles. The number of piperidine rings is 1. The van der Waals surface area contributed by atoms with Crippen LogP contribution in [-0.4, -0.2) is 43.6 Å². The summed E-state index contributed by atoms with van der Waals surface area (Å²) in [6, 6.07) is 4.99. The van der Waals surface area contributed by atoms with Crippen molar-refractivity contribution in [2.24, 2.45) is 5.92 Å². The maximum atomic E-state index is 10.8. The number of nitro benzene ring substituents is 1. The predicted molar refractivity (Wildman–Crippen MR) is 86.1 cm³/mol. The van der Waals surface area contributed by atoms with Crippen LogP contribution in [0.2, 0.25) is 0 Å². The van der Waals surface area contributed by atoms with Crippen LogP contribution < -0.4 is 4.90 Å². The summed E-state index contributed by atoms with van der Waals surface area (Å²) in [5, 5.41) is 10.8. The van der Waals surface area contributed by atoms with Crippen molar-refractivity contribution in [1.29, 1.82) is 0 Å². The average Bonchev–Trinajstić information content (AvgIpc) is 2.46. The Morgan fingerprint density at radius 1 is 1.38 bits per heavy atom. The molecule has 1 fully saturated rings. The van der Waals surface area contributed by atoms with Crippen molar-refractivity contribution >= 4 is 23.0 Å². The molecular formula is C15H22ClN3O2. The molecule has 0 saturated carbocycles. The van der Waals surface area contributed by atoms with E-state index in [9.17, 15) is 10.1 Å². The molecule has 5 nitrogen and oxygen atoms in total. The van der Waals surface area contributed by atoms with Crippen molar-refractivity contribution < 1.29 is 4.92 Å². The summed E-state index contributed by atoms with van der Waals surface area (Å²) < 4.78 is 0. The van der Waals surface area contributed by atoms with E-state index in [1.807, 2.05) is 6.07 Å². The van der Waals surface area contributed by atoms with Crippen LogP contribution >= 0.6 is 11.6 Å². The summed E-state index contributed by atoms with van der Waals surface area (Å²) in [7, 11) is 4.21. The van der Waals surface area contributed by atoms with E-state index >= 15 is 0 Å². The summed E-state index contributed by atoms with van der Waals surface area (Å²) in [6.45, 7) is 3.09. The Labute approximate surface area is 130 Å². The monoisotopic (exact) mass is 311 g/mol. The zero-order valence-corrected chi connectivity index (χ0v) is 13.3. The van der Waals surface area contributed by atoms with Gasteiger partial charge in [0.05, 0.1) is 4.92 Å². The molecule has 1 aromatic rings. The van der Waals surface area contributed by atoms with Gasteiger partial charge in [0.2, 0.25) is 0 Å². The van der Waals surface area contributed by atoms with E-state index in [0.717, 1.165) is 49.6 Å². The van der Waals surface area contributed by atoms with E-state index < -0.39 is 0 Å². The second kappa shape index (κ2) is 7.09. The predicted octanol–water partition coefficient (Wildman–Crippen LogP) is 3.11. The van der Waals surface area contributed by atoms with Gasteiger partial charge in [0.15, 0.2) is 0 Å². The van der Waals surface area contributed by atoms with Crippen LogP contribution in [0, 0.1) is 16.0 Å². The first-order valence-electron chi connectivity index (χ1n) is 7.24. The summed E-state index contributed by atoms with van der Waals surface area (Å²) >= 11 is 5.97. The summed E-state index contributed by atoms with van der Waals surface area (Å²) in [6.07, 6.45) is 2.30. The Bertz CT molecular complexity index is 500. The third-order valence-corrected chi connectivity index (χ3v) is 4.28. The lowest BCUT2D eigenvalue weighted by Crippen LogP contribution is -2.37. The highest BCUT2D eigenvalue weighted by Crippen LogP contribution is 2.30. The molecule has 0 N–H and O–H groups in total. The number of anilines is 1. The number of alkyl halides is 1. The molecule has 0 bridgehead atoms. The van der Waals surface area contributed by atoms with Gasteiger partial charge in [-0.15, -0.1) is 11.6 Å². The molecule has 1 aromatic carbocycles. The minimum atomic E-state index is -0.372. The van der Waals surface area contributed by atoms with Crippen molar-refractivity contribution in [1.82, 2.24) is 4.90 Å². The fourth-order valence-electron chi connectivity index (χ4n) is 2.97. The van der Waals surface area contributed by atoms with Crippen LogP contribution in [-0.2, 0) is 5.88 Å². The number of halogens is 1. The molecule has 0 radical (unpaired) electrons. The molecule has 2 rings (SSSR count). The summed E-state index contributed by atoms with van der Waals surface area (Å²) in [5.74, 6) is 1.03. The van der Waals surface area contributed by atoms with E-state index in [1.165, 1.54) is 0 Å². The first-order chi connectivity index (χ1) is 10.0. The van der Waals surface area contributed by atoms with E-state index in [1.54, 1.807) is 12.1 Å². The normalized spacial score (nSPS) is 16.5. The molecule has 116 valence electrons. The second-order valence-corrected chi connectivity index (χ2v) is 6.16. The Morgan fingerprint density at radius 2 is 2.05 bits per heavy atom. The van der Waals surface area contributed by atoms with Gasteiger partial charge in [-0.05, 0) is 44.5 Å². The Morgan fingerprint density at radius 3 is 2.57 bits per heavy atom. The molecule has 0 unspecified atom stereocenters. The molecule has 1 heterocycles. The van der Waals surface area contributed by atoms with Gasteiger partial charge in [-0.2, -0.15) is 0 Å². The third kappa shape index (κ3) is 4.08. The van der Waals surface area contributed by atoms with Crippen LogP contribution in [0.15, 0.2) is 18.2 Å². The standard InChI is InChI=1S/C15H22ClN3O2/c1-17(2)11-12-5-7-18(8-6-12)15-4-3-14(19(20)21)9-13(15)10-16/h3-4,9,12H,5-8,10-11H2,1-2H3. The van der Waals surface area contributed by atoms with Crippen LogP contribution in [0.4, 0.5) is 11.4 Å². The molecule has 1 saturated heterocycles. The minimum absolute atomic E-state index is 0.108. The molecule has 0 aromatic heterocycles. The number of nitro groups is 1. The fourth-order valence-corrected chi connectivity index (χ4v) is 3.19. The van der Waals surface area contributed by atoms with Gasteiger partial charge >= 0.3 is 0 Å². The van der Waals surface area contributed by atoms with Gasteiger partial charge in [-0.25, -0.2) is 0 Å².